The van der Waals surface area contributed by atoms with Gasteiger partial charge in [0.1, 0.15) is 11.1 Å². The van der Waals surface area contributed by atoms with Gasteiger partial charge in [-0.3, -0.25) is 5.32 Å². The Balaban J connectivity index is 1.66. The fourth-order valence-electron chi connectivity index (χ4n) is 2.38. The summed E-state index contributed by atoms with van der Waals surface area (Å²) in [5.74, 6) is 0. The highest BCUT2D eigenvalue weighted by atomic mass is 32.1. The normalized spacial score (nSPS) is 21.8. The number of aromatic nitrogens is 2. The fraction of sp³-hybridized carbons (Fsp3) is 0.500. The first kappa shape index (κ1) is 15.4. The van der Waals surface area contributed by atoms with Crippen molar-refractivity contribution in [3.05, 3.63) is 27.4 Å². The van der Waals surface area contributed by atoms with Crippen molar-refractivity contribution in [2.75, 3.05) is 18.4 Å². The Morgan fingerprint density at radius 1 is 1.50 bits per heavy atom. The van der Waals surface area contributed by atoms with Crippen LogP contribution in [-0.2, 0) is 11.2 Å². The van der Waals surface area contributed by atoms with E-state index in [4.69, 9.17) is 4.74 Å². The number of hydrogen-bond acceptors (Lipinski definition) is 6. The molecule has 3 heterocycles. The lowest BCUT2D eigenvalue weighted by atomic mass is 10.1. The van der Waals surface area contributed by atoms with Crippen LogP contribution in [0.4, 0.5) is 9.93 Å². The summed E-state index contributed by atoms with van der Waals surface area (Å²) >= 11 is 3.05. The molecule has 0 spiro atoms. The van der Waals surface area contributed by atoms with E-state index in [1.165, 1.54) is 11.3 Å². The molecule has 2 aromatic heterocycles. The number of anilines is 1. The molecule has 0 bridgehead atoms. The van der Waals surface area contributed by atoms with Gasteiger partial charge in [-0.15, -0.1) is 10.2 Å². The Bertz CT molecular complexity index is 629. The molecule has 0 aromatic carbocycles. The van der Waals surface area contributed by atoms with E-state index in [1.54, 1.807) is 16.2 Å². The zero-order valence-corrected chi connectivity index (χ0v) is 14.1. The van der Waals surface area contributed by atoms with Crippen LogP contribution in [-0.4, -0.2) is 40.3 Å². The van der Waals surface area contributed by atoms with Gasteiger partial charge in [0.05, 0.1) is 12.6 Å². The Labute approximate surface area is 137 Å². The van der Waals surface area contributed by atoms with Crippen molar-refractivity contribution in [1.29, 1.82) is 0 Å². The molecule has 1 N–H and O–H groups in total. The average Bonchev–Trinajstić information content (AvgIpc) is 3.18. The zero-order valence-electron chi connectivity index (χ0n) is 12.5. The molecule has 2 atom stereocenters. The number of thiophene rings is 1. The van der Waals surface area contributed by atoms with Gasteiger partial charge >= 0.3 is 6.03 Å². The number of morpholine rings is 1. The van der Waals surface area contributed by atoms with E-state index in [1.807, 2.05) is 25.3 Å². The topological polar surface area (TPSA) is 67.4 Å². The van der Waals surface area contributed by atoms with Crippen molar-refractivity contribution in [2.45, 2.75) is 32.5 Å². The van der Waals surface area contributed by atoms with Crippen molar-refractivity contribution in [3.63, 3.8) is 0 Å². The quantitative estimate of drug-likeness (QED) is 0.933. The van der Waals surface area contributed by atoms with Gasteiger partial charge in [-0.1, -0.05) is 18.3 Å². The maximum atomic E-state index is 12.4. The summed E-state index contributed by atoms with van der Waals surface area (Å²) < 4.78 is 5.94. The number of ether oxygens (including phenoxy) is 1. The summed E-state index contributed by atoms with van der Waals surface area (Å²) in [6.45, 7) is 5.12. The van der Waals surface area contributed by atoms with E-state index in [0.717, 1.165) is 17.0 Å². The third-order valence-corrected chi connectivity index (χ3v) is 5.13. The van der Waals surface area contributed by atoms with Gasteiger partial charge in [0.15, 0.2) is 0 Å². The Hall–Kier alpha value is -1.51. The van der Waals surface area contributed by atoms with E-state index < -0.39 is 0 Å². The number of hydrogen-bond donors (Lipinski definition) is 1. The molecule has 2 amide bonds. The van der Waals surface area contributed by atoms with Crippen molar-refractivity contribution >= 4 is 33.8 Å². The molecule has 2 aromatic rings. The number of urea groups is 1. The van der Waals surface area contributed by atoms with Gasteiger partial charge < -0.3 is 9.64 Å². The number of carbonyl (C=O) groups is 1. The fourth-order valence-corrected chi connectivity index (χ4v) is 3.75. The lowest BCUT2D eigenvalue weighted by Gasteiger charge is -2.36. The van der Waals surface area contributed by atoms with Gasteiger partial charge in [0.25, 0.3) is 0 Å². The summed E-state index contributed by atoms with van der Waals surface area (Å²) in [5.41, 5.74) is 1.12. The Morgan fingerprint density at radius 2 is 2.36 bits per heavy atom. The van der Waals surface area contributed by atoms with Gasteiger partial charge in [0.2, 0.25) is 5.13 Å². The molecule has 1 saturated heterocycles. The minimum Gasteiger partial charge on any atom is -0.367 e. The first-order chi connectivity index (χ1) is 10.7. The highest BCUT2D eigenvalue weighted by molar-refractivity contribution is 7.15. The third kappa shape index (κ3) is 3.45. The van der Waals surface area contributed by atoms with Gasteiger partial charge in [-0.05, 0) is 35.7 Å². The zero-order chi connectivity index (χ0) is 15.5. The first-order valence-corrected chi connectivity index (χ1v) is 8.97. The van der Waals surface area contributed by atoms with Crippen LogP contribution >= 0.6 is 22.7 Å². The molecule has 1 fully saturated rings. The first-order valence-electron chi connectivity index (χ1n) is 7.21. The van der Waals surface area contributed by atoms with Gasteiger partial charge in [-0.25, -0.2) is 4.79 Å². The van der Waals surface area contributed by atoms with Crippen molar-refractivity contribution in [2.24, 2.45) is 0 Å². The largest absolute Gasteiger partial charge is 0.367 e. The van der Waals surface area contributed by atoms with Crippen LogP contribution in [0.15, 0.2) is 16.8 Å². The molecule has 6 nitrogen and oxygen atoms in total. The van der Waals surface area contributed by atoms with Crippen molar-refractivity contribution < 1.29 is 9.53 Å². The smallest absolute Gasteiger partial charge is 0.323 e. The molecule has 0 saturated carbocycles. The standard InChI is InChI=1S/C14H18N4O2S2/c1-3-12-16-17-13(22-12)15-14(19)18-6-9(2)20-11(7-18)10-4-5-21-8-10/h4-5,8-9,11H,3,6-7H2,1-2H3,(H,15,17,19)/t9-,11-/m0/s1. The molecule has 0 radical (unpaired) electrons. The number of carbonyl (C=O) groups excluding carboxylic acids is 1. The second-order valence-electron chi connectivity index (χ2n) is 5.18. The number of rotatable bonds is 3. The molecule has 0 unspecified atom stereocenters. The summed E-state index contributed by atoms with van der Waals surface area (Å²) in [6, 6.07) is 1.90. The maximum absolute atomic E-state index is 12.4. The molecule has 118 valence electrons. The molecule has 1 aliphatic heterocycles. The number of nitrogens with zero attached hydrogens (tertiary/aromatic N) is 3. The lowest BCUT2D eigenvalue weighted by Crippen LogP contribution is -2.47. The monoisotopic (exact) mass is 338 g/mol. The predicted octanol–water partition coefficient (Wildman–Crippen LogP) is 3.16. The predicted molar refractivity (Wildman–Crippen MR) is 87.5 cm³/mol. The van der Waals surface area contributed by atoms with E-state index in [0.29, 0.717) is 18.2 Å². The Kier molecular flexibility index (Phi) is 4.70. The maximum Gasteiger partial charge on any atom is 0.323 e. The number of amides is 2. The molecule has 3 rings (SSSR count). The molecular weight excluding hydrogens is 320 g/mol. The van der Waals surface area contributed by atoms with E-state index in [2.05, 4.69) is 20.9 Å². The average molecular weight is 338 g/mol. The SMILES string of the molecule is CCc1nnc(NC(=O)N2C[C@@H](c3ccsc3)O[C@@H](C)C2)s1. The third-order valence-electron chi connectivity index (χ3n) is 3.45. The number of nitrogens with one attached hydrogen (secondary N) is 1. The van der Waals surface area contributed by atoms with E-state index >= 15 is 0 Å². The molecule has 1 aliphatic rings. The van der Waals surface area contributed by atoms with Crippen LogP contribution in [0.3, 0.4) is 0 Å². The summed E-state index contributed by atoms with van der Waals surface area (Å²) in [4.78, 5) is 14.2. The molecule has 8 heteroatoms. The van der Waals surface area contributed by atoms with Crippen LogP contribution in [0.1, 0.15) is 30.5 Å². The second-order valence-corrected chi connectivity index (χ2v) is 7.02. The molecular formula is C14H18N4O2S2. The van der Waals surface area contributed by atoms with Crippen molar-refractivity contribution in [3.8, 4) is 0 Å². The van der Waals surface area contributed by atoms with Crippen LogP contribution in [0.5, 0.6) is 0 Å². The van der Waals surface area contributed by atoms with Crippen LogP contribution in [0, 0.1) is 0 Å². The van der Waals surface area contributed by atoms with Crippen LogP contribution in [0.2, 0.25) is 0 Å². The van der Waals surface area contributed by atoms with Crippen molar-refractivity contribution in [1.82, 2.24) is 15.1 Å². The van der Waals surface area contributed by atoms with E-state index in [-0.39, 0.29) is 18.2 Å². The molecule has 22 heavy (non-hydrogen) atoms. The van der Waals surface area contributed by atoms with Gasteiger partial charge in [0, 0.05) is 6.54 Å². The second kappa shape index (κ2) is 6.72. The summed E-state index contributed by atoms with van der Waals surface area (Å²) in [6.07, 6.45) is 0.758. The van der Waals surface area contributed by atoms with Gasteiger partial charge in [-0.2, -0.15) is 11.3 Å². The minimum atomic E-state index is -0.144. The van der Waals surface area contributed by atoms with E-state index in [9.17, 15) is 4.79 Å². The highest BCUT2D eigenvalue weighted by Gasteiger charge is 2.30. The highest BCUT2D eigenvalue weighted by Crippen LogP contribution is 2.27. The number of aryl methyl sites for hydroxylation is 1. The minimum absolute atomic E-state index is 0.00465. The molecule has 0 aliphatic carbocycles. The van der Waals surface area contributed by atoms with Crippen LogP contribution < -0.4 is 5.32 Å². The Morgan fingerprint density at radius 3 is 3.05 bits per heavy atom. The lowest BCUT2D eigenvalue weighted by molar-refractivity contribution is -0.0640. The van der Waals surface area contributed by atoms with Crippen LogP contribution in [0.25, 0.3) is 0 Å². The summed E-state index contributed by atoms with van der Waals surface area (Å²) in [7, 11) is 0. The summed E-state index contributed by atoms with van der Waals surface area (Å²) in [5, 5.41) is 16.4.